The van der Waals surface area contributed by atoms with E-state index in [2.05, 4.69) is 40.1 Å². The largest absolute Gasteiger partial charge is 0.481 e. The predicted molar refractivity (Wildman–Crippen MR) is 438 cm³/mol. The number of Topliss-reactive ketones (excluding diaryl/α,β-unsaturated/α-hetero) is 2. The van der Waals surface area contributed by atoms with Crippen LogP contribution in [0.2, 0.25) is 0 Å². The fraction of sp³-hybridized carbons (Fsp3) is 0.605. The molecule has 117 heavy (non-hydrogen) atoms. The van der Waals surface area contributed by atoms with Crippen LogP contribution in [0.25, 0.3) is 0 Å². The minimum Gasteiger partial charge on any atom is -0.481 e. The number of ketones is 2. The lowest BCUT2D eigenvalue weighted by molar-refractivity contribution is -0.161. The molecule has 3 aromatic carbocycles. The molecule has 13 rings (SSSR count). The van der Waals surface area contributed by atoms with Gasteiger partial charge in [0.05, 0.1) is 101 Å². The smallest absolute Gasteiger partial charge is 0.317 e. The number of cyclic esters (lactones) is 2. The van der Waals surface area contributed by atoms with Gasteiger partial charge in [0.2, 0.25) is 23.6 Å². The second kappa shape index (κ2) is 55.3. The van der Waals surface area contributed by atoms with E-state index in [0.717, 1.165) is 151 Å². The Morgan fingerprint density at radius 1 is 0.385 bits per heavy atom. The molecule has 5 heterocycles. The molecule has 0 bridgehead atoms. The number of aliphatic imine (C=N–C) groups is 4. The molecule has 0 radical (unpaired) electrons. The maximum atomic E-state index is 12.4. The summed E-state index contributed by atoms with van der Waals surface area (Å²) in [7, 11) is 4.63. The number of carbonyl (C=O) groups excluding carboxylic acids is 10. The molecule has 31 nitrogen and oxygen atoms in total. The number of aliphatic hydroxyl groups excluding tert-OH is 2. The lowest BCUT2D eigenvalue weighted by Crippen LogP contribution is -2.36. The van der Waals surface area contributed by atoms with Crippen LogP contribution in [0.1, 0.15) is 215 Å². The first-order valence-electron chi connectivity index (χ1n) is 38.8. The molecule has 0 aromatic heterocycles. The number of aliphatic hydroxyl groups is 2. The van der Waals surface area contributed by atoms with Gasteiger partial charge in [-0.25, -0.2) is 20.0 Å². The summed E-state index contributed by atoms with van der Waals surface area (Å²) in [6, 6.07) is 22.0. The van der Waals surface area contributed by atoms with E-state index in [1.54, 1.807) is 36.4 Å². The van der Waals surface area contributed by atoms with Gasteiger partial charge in [-0.05, 0) is 133 Å². The molecule has 2 amide bonds. The summed E-state index contributed by atoms with van der Waals surface area (Å²) in [5.41, 5.74) is 4.48. The molecule has 1 saturated heterocycles. The maximum Gasteiger partial charge on any atom is 0.317 e. The van der Waals surface area contributed by atoms with Crippen LogP contribution in [0.3, 0.4) is 0 Å². The van der Waals surface area contributed by atoms with E-state index in [9.17, 15) is 57.5 Å². The monoisotopic (exact) mass is 1640 g/mol. The Morgan fingerprint density at radius 3 is 0.949 bits per heavy atom. The van der Waals surface area contributed by atoms with Crippen LogP contribution in [0.15, 0.2) is 92.8 Å². The summed E-state index contributed by atoms with van der Waals surface area (Å²) >= 11 is 0. The molecule has 5 saturated carbocycles. The number of carboxylic acids is 2. The van der Waals surface area contributed by atoms with Crippen LogP contribution in [0.5, 0.6) is 0 Å². The minimum absolute atomic E-state index is 0. The predicted octanol–water partition coefficient (Wildman–Crippen LogP) is 10.2. The van der Waals surface area contributed by atoms with Crippen molar-refractivity contribution in [2.45, 2.75) is 172 Å². The van der Waals surface area contributed by atoms with Crippen molar-refractivity contribution in [1.82, 2.24) is 10.6 Å². The highest BCUT2D eigenvalue weighted by molar-refractivity contribution is 6.02. The van der Waals surface area contributed by atoms with Gasteiger partial charge >= 0.3 is 47.8 Å². The number of carbonyl (C=O) groups is 12. The average molecular weight is 1640 g/mol. The Labute approximate surface area is 687 Å². The number of methoxy groups -OCH3 is 2. The van der Waals surface area contributed by atoms with Gasteiger partial charge < -0.3 is 73.7 Å². The number of esters is 6. The normalized spacial score (nSPS) is 22.6. The molecule has 6 fully saturated rings. The van der Waals surface area contributed by atoms with Gasteiger partial charge in [-0.3, -0.25) is 57.5 Å². The van der Waals surface area contributed by atoms with E-state index in [4.69, 9.17) is 53.6 Å². The van der Waals surface area contributed by atoms with Gasteiger partial charge in [0.15, 0.2) is 0 Å². The van der Waals surface area contributed by atoms with Gasteiger partial charge in [-0.1, -0.05) is 112 Å². The van der Waals surface area contributed by atoms with Crippen LogP contribution in [0.4, 0.5) is 0 Å². The molecular weight excluding hydrogens is 1520 g/mol. The number of hydrogen-bond donors (Lipinski definition) is 6. The first-order valence-corrected chi connectivity index (χ1v) is 38.8. The molecule has 3 aromatic rings. The minimum atomic E-state index is -0.880. The molecule has 5 aliphatic heterocycles. The van der Waals surface area contributed by atoms with Crippen molar-refractivity contribution < 1.29 is 121 Å². The molecule has 6 N–H and O–H groups in total. The second-order valence-corrected chi connectivity index (χ2v) is 27.9. The van der Waals surface area contributed by atoms with E-state index in [0.29, 0.717) is 101 Å². The van der Waals surface area contributed by atoms with Crippen LogP contribution in [-0.2, 0) is 90.6 Å². The number of ether oxygens (including phenoxy) is 9. The fourth-order valence-corrected chi connectivity index (χ4v) is 14.9. The summed E-state index contributed by atoms with van der Waals surface area (Å²) in [4.78, 5) is 156. The highest BCUT2D eigenvalue weighted by atomic mass is 16.6. The van der Waals surface area contributed by atoms with Crippen molar-refractivity contribution in [3.8, 4) is 0 Å². The van der Waals surface area contributed by atoms with Crippen LogP contribution < -0.4 is 10.6 Å². The summed E-state index contributed by atoms with van der Waals surface area (Å²) in [6.07, 6.45) is 16.6. The molecule has 31 heteroatoms. The average Bonchev–Trinajstić information content (AvgIpc) is 1.70. The number of hydrogen-bond acceptors (Lipinski definition) is 27. The number of benzene rings is 3. The van der Waals surface area contributed by atoms with Crippen LogP contribution in [-0.4, -0.2) is 223 Å². The number of nitrogens with one attached hydrogen (secondary N) is 2. The quantitative estimate of drug-likeness (QED) is 0.0265. The topological polar surface area (TPSA) is 442 Å². The van der Waals surface area contributed by atoms with Gasteiger partial charge in [0.1, 0.15) is 51.2 Å². The molecule has 10 aliphatic rings. The van der Waals surface area contributed by atoms with E-state index in [-0.39, 0.29) is 139 Å². The zero-order valence-corrected chi connectivity index (χ0v) is 65.5. The van der Waals surface area contributed by atoms with E-state index >= 15 is 0 Å². The number of aliphatic carboxylic acids is 2. The number of nitrogens with zero attached hydrogens (tertiary/aromatic N) is 4. The molecule has 10 unspecified atom stereocenters. The van der Waals surface area contributed by atoms with Crippen molar-refractivity contribution in [3.05, 3.63) is 106 Å². The molecular formula is C86H126N6O25. The van der Waals surface area contributed by atoms with E-state index in [1.807, 2.05) is 36.4 Å². The van der Waals surface area contributed by atoms with Crippen molar-refractivity contribution in [2.75, 3.05) is 107 Å². The van der Waals surface area contributed by atoms with Gasteiger partial charge in [-0.15, -0.1) is 0 Å². The Bertz CT molecular complexity index is 3750. The molecule has 0 spiro atoms. The SMILES string of the molecule is C.C.C.C.CC(=O)C1CCCCC1C(=O)O.CC(=O)C1CCCCC1C(=O)OCCNC(=O)c1cccc(C2=NCCO2)c1.CO.CO.COC(=O)C1CCCCC1C(=O)O.COC(=O)C1CCCCC1C(=O)OCCNC(=O)c1cccc(C2=NCCO2)c1.O=C1OC(=O)C2CCCCC12.c1cc(C2=NCCO2)cc(C2=NCCO2)c1. The van der Waals surface area contributed by atoms with Crippen molar-refractivity contribution in [3.63, 3.8) is 0 Å². The van der Waals surface area contributed by atoms with Gasteiger partial charge in [0.25, 0.3) is 11.8 Å². The zero-order valence-electron chi connectivity index (χ0n) is 65.5. The third-order valence-electron chi connectivity index (χ3n) is 20.6. The Kier molecular flexibility index (Phi) is 48.6. The number of carboxylic acid groups (broad SMARTS) is 2. The molecule has 10 atom stereocenters. The third-order valence-corrected chi connectivity index (χ3v) is 20.6. The maximum absolute atomic E-state index is 12.4. The highest BCUT2D eigenvalue weighted by Gasteiger charge is 2.45. The Hall–Kier alpha value is -10.3. The van der Waals surface area contributed by atoms with E-state index in [1.165, 1.54) is 28.1 Å². The first-order chi connectivity index (χ1) is 54.7. The summed E-state index contributed by atoms with van der Waals surface area (Å²) in [6.45, 7) is 8.76. The van der Waals surface area contributed by atoms with Crippen LogP contribution in [0, 0.1) is 59.2 Å². The zero-order chi connectivity index (χ0) is 82.2. The van der Waals surface area contributed by atoms with Gasteiger partial charge in [0, 0.05) is 59.4 Å². The van der Waals surface area contributed by atoms with Gasteiger partial charge in [-0.2, -0.15) is 0 Å². The summed E-state index contributed by atoms with van der Waals surface area (Å²) in [5.74, 6) is -5.02. The standard InChI is InChI=1S/C21H26N2O6.C21H26N2O5.C12H12N2O2.C9H14O4.C9H14O3.C8H10O3.2CH4O.4CH4/c1-27-20(25)16-7-2-3-8-17(16)21(26)29-12-9-22-18(24)14-5-4-6-15(13-14)19-23-10-11-28-19;1-14(24)17-7-2-3-8-18(17)21(26)28-12-9-22-19(25)15-5-4-6-16(13-15)20-23-10-11-27-20;1-2-9(11-13-4-6-15-11)8-10(3-1)12-14-5-7-16-12;1-13-9(12)7-5-3-2-4-6(7)8(10)11;1-6(10)7-4-2-3-5-8(7)9(11)12;9-7-5-3-1-2-4-6(5)8(10)11-7;2*1-2;;;;/h4-6,13,16-17H,2-3,7-12H2,1H3,(H,22,24);4-6,13,17-18H,2-3,7-12H2,1H3,(H,22,25);1-3,8H,4-7H2;6-7H,2-5H2,1H3,(H,10,11);7-8H,2-5H2,1H3,(H,11,12);5-6H,1-4H2;2*2H,1H3;4*1H4. The lowest BCUT2D eigenvalue weighted by atomic mass is 9.77. The molecule has 650 valence electrons. The summed E-state index contributed by atoms with van der Waals surface area (Å²) < 4.78 is 46.2. The second-order valence-electron chi connectivity index (χ2n) is 27.9. The lowest BCUT2D eigenvalue weighted by Gasteiger charge is -2.27. The molecule has 5 aliphatic carbocycles. The summed E-state index contributed by atoms with van der Waals surface area (Å²) in [5, 5.41) is 37.1. The Morgan fingerprint density at radius 2 is 0.650 bits per heavy atom. The Balaban J connectivity index is 0.000000487. The number of rotatable bonds is 20. The fourth-order valence-electron chi connectivity index (χ4n) is 14.9. The number of fused-ring (bicyclic) bond motifs is 1. The first kappa shape index (κ1) is 103. The van der Waals surface area contributed by atoms with Crippen molar-refractivity contribution in [2.24, 2.45) is 79.1 Å². The highest BCUT2D eigenvalue weighted by Crippen LogP contribution is 2.38. The van der Waals surface area contributed by atoms with Crippen molar-refractivity contribution >= 4 is 94.7 Å². The third kappa shape index (κ3) is 31.9. The van der Waals surface area contributed by atoms with E-state index < -0.39 is 47.5 Å². The number of amides is 2. The van der Waals surface area contributed by atoms with Crippen molar-refractivity contribution in [1.29, 1.82) is 0 Å². The van der Waals surface area contributed by atoms with Crippen LogP contribution >= 0.6 is 0 Å².